The molecule has 1 aromatic rings. The van der Waals surface area contributed by atoms with E-state index in [1.165, 1.54) is 5.56 Å². The summed E-state index contributed by atoms with van der Waals surface area (Å²) in [4.78, 5) is 10.3. The van der Waals surface area contributed by atoms with Crippen molar-refractivity contribution in [2.75, 3.05) is 13.2 Å². The highest BCUT2D eigenvalue weighted by Gasteiger charge is 1.96. The Bertz CT molecular complexity index is 322. The number of rotatable bonds is 10. The molecule has 0 radical (unpaired) electrons. The molecule has 0 heterocycles. The van der Waals surface area contributed by atoms with Crippen LogP contribution in [-0.4, -0.2) is 24.3 Å². The number of aryl methyl sites for hydroxylation is 1. The van der Waals surface area contributed by atoms with Crippen molar-refractivity contribution in [3.8, 4) is 0 Å². The van der Waals surface area contributed by atoms with Gasteiger partial charge in [-0.1, -0.05) is 36.8 Å². The van der Waals surface area contributed by atoms with Gasteiger partial charge < -0.3 is 9.84 Å². The molecule has 3 nitrogen and oxygen atoms in total. The molecule has 3 heteroatoms. The molecule has 0 spiro atoms. The Hall–Kier alpha value is -1.35. The number of hydrogen-bond donors (Lipinski definition) is 1. The van der Waals surface area contributed by atoms with Gasteiger partial charge in [-0.15, -0.1) is 0 Å². The molecule has 0 bridgehead atoms. The second kappa shape index (κ2) is 9.66. The Labute approximate surface area is 109 Å². The Morgan fingerprint density at radius 1 is 1.00 bits per heavy atom. The van der Waals surface area contributed by atoms with Gasteiger partial charge in [-0.2, -0.15) is 0 Å². The van der Waals surface area contributed by atoms with Crippen LogP contribution in [0.4, 0.5) is 0 Å². The number of carboxylic acids is 1. The Morgan fingerprint density at radius 3 is 2.44 bits per heavy atom. The van der Waals surface area contributed by atoms with Crippen LogP contribution in [0.2, 0.25) is 0 Å². The summed E-state index contributed by atoms with van der Waals surface area (Å²) in [6, 6.07) is 10.4. The fraction of sp³-hybridized carbons (Fsp3) is 0.533. The molecule has 0 unspecified atom stereocenters. The number of aliphatic carboxylic acids is 1. The van der Waals surface area contributed by atoms with Gasteiger partial charge in [0.25, 0.3) is 0 Å². The van der Waals surface area contributed by atoms with E-state index in [0.717, 1.165) is 45.3 Å². The molecular weight excluding hydrogens is 228 g/mol. The van der Waals surface area contributed by atoms with Crippen molar-refractivity contribution >= 4 is 5.97 Å². The number of ether oxygens (including phenoxy) is 1. The Balaban J connectivity index is 1.86. The van der Waals surface area contributed by atoms with E-state index in [4.69, 9.17) is 9.84 Å². The lowest BCUT2D eigenvalue weighted by Gasteiger charge is -2.04. The predicted molar refractivity (Wildman–Crippen MR) is 71.7 cm³/mol. The third kappa shape index (κ3) is 7.85. The molecule has 0 atom stereocenters. The second-order valence-electron chi connectivity index (χ2n) is 4.41. The van der Waals surface area contributed by atoms with E-state index in [0.29, 0.717) is 0 Å². The molecule has 0 aliphatic heterocycles. The van der Waals surface area contributed by atoms with Gasteiger partial charge in [0.05, 0.1) is 0 Å². The van der Waals surface area contributed by atoms with Crippen LogP contribution < -0.4 is 0 Å². The van der Waals surface area contributed by atoms with E-state index in [1.54, 1.807) is 0 Å². The van der Waals surface area contributed by atoms with Crippen LogP contribution in [0, 0.1) is 0 Å². The van der Waals surface area contributed by atoms with Gasteiger partial charge in [-0.05, 0) is 31.2 Å². The first-order valence-electron chi connectivity index (χ1n) is 6.62. The van der Waals surface area contributed by atoms with Gasteiger partial charge in [0.15, 0.2) is 0 Å². The lowest BCUT2D eigenvalue weighted by atomic mass is 10.1. The lowest BCUT2D eigenvalue weighted by molar-refractivity contribution is -0.137. The van der Waals surface area contributed by atoms with E-state index >= 15 is 0 Å². The molecular formula is C15H22O3. The summed E-state index contributed by atoms with van der Waals surface area (Å²) in [7, 11) is 0. The van der Waals surface area contributed by atoms with Crippen LogP contribution in [-0.2, 0) is 16.0 Å². The molecule has 1 rings (SSSR count). The third-order valence-corrected chi connectivity index (χ3v) is 2.78. The van der Waals surface area contributed by atoms with Gasteiger partial charge in [-0.3, -0.25) is 4.79 Å². The molecule has 100 valence electrons. The monoisotopic (exact) mass is 250 g/mol. The normalized spacial score (nSPS) is 10.4. The third-order valence-electron chi connectivity index (χ3n) is 2.78. The van der Waals surface area contributed by atoms with E-state index in [2.05, 4.69) is 24.3 Å². The topological polar surface area (TPSA) is 46.5 Å². The van der Waals surface area contributed by atoms with Crippen molar-refractivity contribution in [3.05, 3.63) is 35.9 Å². The largest absolute Gasteiger partial charge is 0.481 e. The molecule has 0 fully saturated rings. The molecule has 0 saturated heterocycles. The number of carboxylic acid groups (broad SMARTS) is 1. The highest BCUT2D eigenvalue weighted by molar-refractivity contribution is 5.66. The smallest absolute Gasteiger partial charge is 0.303 e. The van der Waals surface area contributed by atoms with Crippen LogP contribution in [0.5, 0.6) is 0 Å². The Kier molecular flexibility index (Phi) is 7.89. The zero-order valence-electron chi connectivity index (χ0n) is 10.8. The first kappa shape index (κ1) is 14.7. The summed E-state index contributed by atoms with van der Waals surface area (Å²) < 4.78 is 5.51. The minimum Gasteiger partial charge on any atom is -0.481 e. The predicted octanol–water partition coefficient (Wildman–Crippen LogP) is 3.28. The summed E-state index contributed by atoms with van der Waals surface area (Å²) in [6.07, 6.45) is 5.01. The van der Waals surface area contributed by atoms with E-state index in [9.17, 15) is 4.79 Å². The summed E-state index contributed by atoms with van der Waals surface area (Å²) in [5.74, 6) is -0.709. The van der Waals surface area contributed by atoms with Crippen LogP contribution in [0.15, 0.2) is 30.3 Å². The van der Waals surface area contributed by atoms with Gasteiger partial charge in [-0.25, -0.2) is 0 Å². The van der Waals surface area contributed by atoms with Crippen LogP contribution in [0.25, 0.3) is 0 Å². The number of hydrogen-bond acceptors (Lipinski definition) is 2. The molecule has 1 N–H and O–H groups in total. The molecule has 1 aromatic carbocycles. The van der Waals surface area contributed by atoms with Gasteiger partial charge >= 0.3 is 5.97 Å². The van der Waals surface area contributed by atoms with Crippen LogP contribution >= 0.6 is 0 Å². The summed E-state index contributed by atoms with van der Waals surface area (Å²) in [5, 5.41) is 8.46. The average Bonchev–Trinajstić information content (AvgIpc) is 2.37. The van der Waals surface area contributed by atoms with Crippen molar-refractivity contribution in [2.24, 2.45) is 0 Å². The minimum absolute atomic E-state index is 0.272. The number of carbonyl (C=O) groups is 1. The summed E-state index contributed by atoms with van der Waals surface area (Å²) >= 11 is 0. The maximum Gasteiger partial charge on any atom is 0.303 e. The second-order valence-corrected chi connectivity index (χ2v) is 4.41. The molecule has 0 amide bonds. The van der Waals surface area contributed by atoms with E-state index in [1.807, 2.05) is 6.07 Å². The van der Waals surface area contributed by atoms with Crippen molar-refractivity contribution in [3.63, 3.8) is 0 Å². The first-order valence-corrected chi connectivity index (χ1v) is 6.62. The summed E-state index contributed by atoms with van der Waals surface area (Å²) in [5.41, 5.74) is 1.35. The zero-order chi connectivity index (χ0) is 13.1. The van der Waals surface area contributed by atoms with Gasteiger partial charge in [0, 0.05) is 19.6 Å². The minimum atomic E-state index is -0.709. The number of unbranched alkanes of at least 4 members (excludes halogenated alkanes) is 2. The fourth-order valence-corrected chi connectivity index (χ4v) is 1.78. The van der Waals surface area contributed by atoms with Gasteiger partial charge in [0.2, 0.25) is 0 Å². The lowest BCUT2D eigenvalue weighted by Crippen LogP contribution is -2.00. The van der Waals surface area contributed by atoms with Crippen molar-refractivity contribution in [1.29, 1.82) is 0 Å². The van der Waals surface area contributed by atoms with Crippen molar-refractivity contribution < 1.29 is 14.6 Å². The zero-order valence-corrected chi connectivity index (χ0v) is 10.8. The highest BCUT2D eigenvalue weighted by Crippen LogP contribution is 2.03. The molecule has 18 heavy (non-hydrogen) atoms. The van der Waals surface area contributed by atoms with E-state index < -0.39 is 5.97 Å². The van der Waals surface area contributed by atoms with Crippen molar-refractivity contribution in [1.82, 2.24) is 0 Å². The standard InChI is InChI=1S/C15H22O3/c16-15(17)11-5-2-6-12-18-13-7-10-14-8-3-1-4-9-14/h1,3-4,8-9H,2,5-7,10-13H2,(H,16,17). The molecule has 0 aliphatic carbocycles. The van der Waals surface area contributed by atoms with E-state index in [-0.39, 0.29) is 6.42 Å². The maximum atomic E-state index is 10.3. The highest BCUT2D eigenvalue weighted by atomic mass is 16.5. The summed E-state index contributed by atoms with van der Waals surface area (Å²) in [6.45, 7) is 1.53. The van der Waals surface area contributed by atoms with Gasteiger partial charge in [0.1, 0.15) is 0 Å². The Morgan fingerprint density at radius 2 is 1.72 bits per heavy atom. The fourth-order valence-electron chi connectivity index (χ4n) is 1.78. The molecule has 0 aromatic heterocycles. The average molecular weight is 250 g/mol. The quantitative estimate of drug-likeness (QED) is 0.648. The maximum absolute atomic E-state index is 10.3. The first-order chi connectivity index (χ1) is 8.79. The number of benzene rings is 1. The van der Waals surface area contributed by atoms with Crippen molar-refractivity contribution in [2.45, 2.75) is 38.5 Å². The molecule has 0 saturated carbocycles. The van der Waals surface area contributed by atoms with Crippen LogP contribution in [0.3, 0.4) is 0 Å². The van der Waals surface area contributed by atoms with Crippen LogP contribution in [0.1, 0.15) is 37.7 Å². The molecule has 0 aliphatic rings. The SMILES string of the molecule is O=C(O)CCCCCOCCCc1ccccc1.